The Balaban J connectivity index is 2.21. The molecule has 1 aromatic carbocycles. The molecule has 1 aromatic heterocycles. The molecule has 0 amide bonds. The minimum atomic E-state index is -0.335. The van der Waals surface area contributed by atoms with Crippen molar-refractivity contribution in [2.24, 2.45) is 0 Å². The summed E-state index contributed by atoms with van der Waals surface area (Å²) in [6.45, 7) is 0. The van der Waals surface area contributed by atoms with Gasteiger partial charge in [-0.25, -0.2) is 0 Å². The second-order valence-electron chi connectivity index (χ2n) is 3.74. The third-order valence-corrected chi connectivity index (χ3v) is 4.91. The molecular formula is C12H9Br2NO2S. The Labute approximate surface area is 125 Å². The Morgan fingerprint density at radius 1 is 1.39 bits per heavy atom. The van der Waals surface area contributed by atoms with Crippen LogP contribution in [0.15, 0.2) is 39.5 Å². The van der Waals surface area contributed by atoms with Crippen molar-refractivity contribution in [3.63, 3.8) is 0 Å². The van der Waals surface area contributed by atoms with Gasteiger partial charge < -0.3 is 0 Å². The van der Waals surface area contributed by atoms with Crippen LogP contribution in [0.4, 0.5) is 5.69 Å². The normalized spacial score (nSPS) is 12.3. The van der Waals surface area contributed by atoms with Crippen LogP contribution in [-0.2, 0) is 6.42 Å². The van der Waals surface area contributed by atoms with Gasteiger partial charge in [0.05, 0.1) is 8.71 Å². The molecule has 0 fully saturated rings. The number of nitro benzene ring substituents is 1. The number of para-hydroxylation sites is 1. The van der Waals surface area contributed by atoms with E-state index in [-0.39, 0.29) is 15.4 Å². The first kappa shape index (κ1) is 13.7. The van der Waals surface area contributed by atoms with E-state index in [2.05, 4.69) is 31.9 Å². The zero-order valence-corrected chi connectivity index (χ0v) is 13.2. The van der Waals surface area contributed by atoms with Crippen molar-refractivity contribution in [1.29, 1.82) is 0 Å². The average Bonchev–Trinajstić information content (AvgIpc) is 2.76. The van der Waals surface area contributed by atoms with Crippen LogP contribution in [0.1, 0.15) is 16.0 Å². The molecule has 6 heteroatoms. The number of halogens is 2. The molecule has 2 rings (SSSR count). The summed E-state index contributed by atoms with van der Waals surface area (Å²) < 4.78 is 1.06. The fourth-order valence-corrected chi connectivity index (χ4v) is 3.68. The monoisotopic (exact) mass is 389 g/mol. The fourth-order valence-electron chi connectivity index (χ4n) is 1.66. The van der Waals surface area contributed by atoms with E-state index < -0.39 is 0 Å². The first-order valence-electron chi connectivity index (χ1n) is 5.18. The van der Waals surface area contributed by atoms with E-state index in [1.807, 2.05) is 17.5 Å². The molecule has 1 heterocycles. The van der Waals surface area contributed by atoms with Gasteiger partial charge in [0.2, 0.25) is 0 Å². The van der Waals surface area contributed by atoms with Crippen molar-refractivity contribution in [2.75, 3.05) is 0 Å². The van der Waals surface area contributed by atoms with Crippen LogP contribution in [0.2, 0.25) is 0 Å². The van der Waals surface area contributed by atoms with E-state index in [0.717, 1.165) is 14.9 Å². The van der Waals surface area contributed by atoms with Crippen LogP contribution >= 0.6 is 43.2 Å². The summed E-state index contributed by atoms with van der Waals surface area (Å²) >= 11 is 8.60. The maximum Gasteiger partial charge on any atom is 0.272 e. The van der Waals surface area contributed by atoms with E-state index >= 15 is 0 Å². The van der Waals surface area contributed by atoms with Gasteiger partial charge in [-0.15, -0.1) is 11.3 Å². The fraction of sp³-hybridized carbons (Fsp3) is 0.167. The summed E-state index contributed by atoms with van der Waals surface area (Å²) in [5.74, 6) is 0. The quantitative estimate of drug-likeness (QED) is 0.414. The highest BCUT2D eigenvalue weighted by molar-refractivity contribution is 9.11. The number of hydrogen-bond acceptors (Lipinski definition) is 3. The number of benzene rings is 1. The van der Waals surface area contributed by atoms with Crippen LogP contribution in [0, 0.1) is 10.1 Å². The molecule has 1 unspecified atom stereocenters. The summed E-state index contributed by atoms with van der Waals surface area (Å²) in [4.78, 5) is 10.7. The van der Waals surface area contributed by atoms with Gasteiger partial charge >= 0.3 is 0 Å². The number of alkyl halides is 1. The number of rotatable bonds is 4. The largest absolute Gasteiger partial charge is 0.272 e. The molecule has 3 nitrogen and oxygen atoms in total. The van der Waals surface area contributed by atoms with E-state index in [1.54, 1.807) is 29.5 Å². The topological polar surface area (TPSA) is 43.1 Å². The van der Waals surface area contributed by atoms with E-state index in [0.29, 0.717) is 6.42 Å². The standard InChI is InChI=1S/C12H9Br2NO2S/c13-10(9-6-12(14)18-7-9)5-8-3-1-2-4-11(8)15(16)17/h1-4,6-7,10H,5H2. The zero-order valence-electron chi connectivity index (χ0n) is 9.18. The van der Waals surface area contributed by atoms with Gasteiger partial charge in [-0.1, -0.05) is 34.1 Å². The smallest absolute Gasteiger partial charge is 0.258 e. The minimum Gasteiger partial charge on any atom is -0.258 e. The lowest BCUT2D eigenvalue weighted by atomic mass is 10.0. The molecule has 0 saturated heterocycles. The van der Waals surface area contributed by atoms with Crippen molar-refractivity contribution in [3.8, 4) is 0 Å². The van der Waals surface area contributed by atoms with Gasteiger partial charge in [0.15, 0.2) is 0 Å². The van der Waals surface area contributed by atoms with Crippen LogP contribution in [0.3, 0.4) is 0 Å². The first-order chi connectivity index (χ1) is 8.58. The van der Waals surface area contributed by atoms with Gasteiger partial charge in [-0.05, 0) is 39.4 Å². The lowest BCUT2D eigenvalue weighted by Crippen LogP contribution is -1.99. The van der Waals surface area contributed by atoms with Crippen LogP contribution in [0.25, 0.3) is 0 Å². The van der Waals surface area contributed by atoms with Crippen molar-refractivity contribution in [1.82, 2.24) is 0 Å². The van der Waals surface area contributed by atoms with Crippen LogP contribution < -0.4 is 0 Å². The molecule has 1 atom stereocenters. The third-order valence-electron chi connectivity index (χ3n) is 2.54. The summed E-state index contributed by atoms with van der Waals surface area (Å²) in [5, 5.41) is 13.0. The number of nitrogens with zero attached hydrogens (tertiary/aromatic N) is 1. The Hall–Kier alpha value is -0.720. The lowest BCUT2D eigenvalue weighted by molar-refractivity contribution is -0.385. The molecule has 0 N–H and O–H groups in total. The van der Waals surface area contributed by atoms with Gasteiger partial charge in [0.25, 0.3) is 5.69 Å². The second kappa shape index (κ2) is 5.95. The molecular weight excluding hydrogens is 382 g/mol. The summed E-state index contributed by atoms with van der Waals surface area (Å²) in [6.07, 6.45) is 0.598. The average molecular weight is 391 g/mol. The first-order valence-corrected chi connectivity index (χ1v) is 7.77. The van der Waals surface area contributed by atoms with E-state index in [9.17, 15) is 10.1 Å². The Kier molecular flexibility index (Phi) is 4.53. The van der Waals surface area contributed by atoms with Crippen molar-refractivity contribution in [2.45, 2.75) is 11.2 Å². The Morgan fingerprint density at radius 2 is 2.11 bits per heavy atom. The molecule has 0 spiro atoms. The van der Waals surface area contributed by atoms with Crippen molar-refractivity contribution < 1.29 is 4.92 Å². The van der Waals surface area contributed by atoms with Crippen molar-refractivity contribution >= 4 is 48.9 Å². The van der Waals surface area contributed by atoms with Crippen LogP contribution in [-0.4, -0.2) is 4.92 Å². The minimum absolute atomic E-state index is 0.0844. The SMILES string of the molecule is O=[N+]([O-])c1ccccc1CC(Br)c1csc(Br)c1. The van der Waals surface area contributed by atoms with Gasteiger partial charge in [-0.2, -0.15) is 0 Å². The highest BCUT2D eigenvalue weighted by Gasteiger charge is 2.17. The second-order valence-corrected chi connectivity index (χ2v) is 7.14. The lowest BCUT2D eigenvalue weighted by Gasteiger charge is -2.08. The van der Waals surface area contributed by atoms with Gasteiger partial charge in [-0.3, -0.25) is 10.1 Å². The molecule has 2 aromatic rings. The molecule has 18 heavy (non-hydrogen) atoms. The van der Waals surface area contributed by atoms with E-state index in [1.165, 1.54) is 0 Å². The molecule has 0 aliphatic carbocycles. The number of nitro groups is 1. The molecule has 0 aliphatic rings. The van der Waals surface area contributed by atoms with Crippen molar-refractivity contribution in [3.05, 3.63) is 60.7 Å². The maximum absolute atomic E-state index is 10.9. The number of thiophene rings is 1. The third kappa shape index (κ3) is 3.18. The highest BCUT2D eigenvalue weighted by atomic mass is 79.9. The summed E-state index contributed by atoms with van der Waals surface area (Å²) in [5.41, 5.74) is 2.05. The molecule has 0 aliphatic heterocycles. The molecule has 0 radical (unpaired) electrons. The predicted octanol–water partition coefficient (Wildman–Crippen LogP) is 5.10. The summed E-state index contributed by atoms with van der Waals surface area (Å²) in [6, 6.07) is 8.88. The summed E-state index contributed by atoms with van der Waals surface area (Å²) in [7, 11) is 0. The Bertz CT molecular complexity index is 571. The molecule has 0 saturated carbocycles. The maximum atomic E-state index is 10.9. The van der Waals surface area contributed by atoms with E-state index in [4.69, 9.17) is 0 Å². The molecule has 94 valence electrons. The zero-order chi connectivity index (χ0) is 13.1. The molecule has 0 bridgehead atoms. The number of hydrogen-bond donors (Lipinski definition) is 0. The van der Waals surface area contributed by atoms with Crippen LogP contribution in [0.5, 0.6) is 0 Å². The highest BCUT2D eigenvalue weighted by Crippen LogP contribution is 2.34. The predicted molar refractivity (Wildman–Crippen MR) is 80.5 cm³/mol. The Morgan fingerprint density at radius 3 is 2.72 bits per heavy atom. The van der Waals surface area contributed by atoms with Gasteiger partial charge in [0.1, 0.15) is 0 Å². The van der Waals surface area contributed by atoms with Gasteiger partial charge in [0, 0.05) is 16.5 Å².